The summed E-state index contributed by atoms with van der Waals surface area (Å²) in [5.41, 5.74) is -1.29. The average molecular weight is 302 g/mol. The first-order chi connectivity index (χ1) is 9.72. The molecule has 1 aliphatic carbocycles. The maximum absolute atomic E-state index is 12.7. The zero-order valence-corrected chi connectivity index (χ0v) is 10.8. The number of alkyl halides is 3. The minimum absolute atomic E-state index is 0.124. The highest BCUT2D eigenvalue weighted by Crippen LogP contribution is 2.48. The second-order valence-electron chi connectivity index (χ2n) is 4.93. The minimum Gasteiger partial charge on any atom is -0.481 e. The molecule has 8 heteroatoms. The molecule has 0 aliphatic heterocycles. The van der Waals surface area contributed by atoms with Crippen LogP contribution >= 0.6 is 0 Å². The molecule has 1 saturated carbocycles. The second kappa shape index (κ2) is 5.27. The smallest absolute Gasteiger partial charge is 0.411 e. The summed E-state index contributed by atoms with van der Waals surface area (Å²) in [5.74, 6) is -0.991. The molecule has 0 radical (unpaired) electrons. The van der Waals surface area contributed by atoms with Gasteiger partial charge in [-0.2, -0.15) is 13.2 Å². The highest BCUT2D eigenvalue weighted by molar-refractivity contribution is 5.90. The highest BCUT2D eigenvalue weighted by atomic mass is 19.4. The quantitative estimate of drug-likeness (QED) is 0.799. The number of benzene rings is 1. The molecule has 0 aromatic heterocycles. The number of nitrogens with one attached hydrogen (secondary N) is 2. The van der Waals surface area contributed by atoms with Crippen LogP contribution < -0.4 is 10.6 Å². The van der Waals surface area contributed by atoms with Crippen LogP contribution in [-0.2, 0) is 11.2 Å². The number of urea groups is 1. The van der Waals surface area contributed by atoms with Crippen LogP contribution in [0.25, 0.3) is 0 Å². The number of amides is 2. The van der Waals surface area contributed by atoms with Gasteiger partial charge in [0.25, 0.3) is 0 Å². The Bertz CT molecular complexity index is 551. The fourth-order valence-corrected chi connectivity index (χ4v) is 1.86. The third-order valence-electron chi connectivity index (χ3n) is 3.21. The molecule has 0 unspecified atom stereocenters. The molecule has 1 fully saturated rings. The fraction of sp³-hybridized carbons (Fsp3) is 0.385. The molecular formula is C13H13F3N2O3. The lowest BCUT2D eigenvalue weighted by Crippen LogP contribution is -2.49. The Labute approximate surface area is 118 Å². The van der Waals surface area contributed by atoms with Crippen molar-refractivity contribution in [2.24, 2.45) is 0 Å². The third-order valence-corrected chi connectivity index (χ3v) is 3.21. The van der Waals surface area contributed by atoms with E-state index >= 15 is 0 Å². The third kappa shape index (κ3) is 3.65. The number of rotatable bonds is 4. The minimum atomic E-state index is -4.46. The molecule has 0 atom stereocenters. The van der Waals surface area contributed by atoms with Gasteiger partial charge in [0.2, 0.25) is 0 Å². The number of carboxylic acid groups (broad SMARTS) is 1. The zero-order valence-electron chi connectivity index (χ0n) is 10.8. The number of aliphatic carboxylic acids is 1. The van der Waals surface area contributed by atoms with Crippen LogP contribution in [-0.4, -0.2) is 28.8 Å². The summed E-state index contributed by atoms with van der Waals surface area (Å²) in [6, 6.07) is 4.91. The molecule has 0 bridgehead atoms. The average Bonchev–Trinajstić information content (AvgIpc) is 3.11. The van der Waals surface area contributed by atoms with E-state index in [2.05, 4.69) is 5.32 Å². The Kier molecular flexibility index (Phi) is 3.80. The van der Waals surface area contributed by atoms with Crippen LogP contribution in [0.3, 0.4) is 0 Å². The molecule has 0 heterocycles. The van der Waals surface area contributed by atoms with E-state index in [1.807, 2.05) is 5.32 Å². The van der Waals surface area contributed by atoms with Crippen LogP contribution in [0.5, 0.6) is 0 Å². The van der Waals surface area contributed by atoms with Crippen molar-refractivity contribution in [2.75, 3.05) is 5.32 Å². The van der Waals surface area contributed by atoms with Crippen molar-refractivity contribution in [3.8, 4) is 0 Å². The lowest BCUT2D eigenvalue weighted by atomic mass is 10.1. The number of halogens is 3. The molecule has 2 amide bonds. The molecular weight excluding hydrogens is 289 g/mol. The molecule has 114 valence electrons. The lowest BCUT2D eigenvalue weighted by molar-refractivity contribution is -0.162. The topological polar surface area (TPSA) is 78.4 Å². The molecule has 5 nitrogen and oxygen atoms in total. The summed E-state index contributed by atoms with van der Waals surface area (Å²) in [6.07, 6.45) is -4.87. The zero-order chi connectivity index (χ0) is 15.7. The summed E-state index contributed by atoms with van der Waals surface area (Å²) >= 11 is 0. The van der Waals surface area contributed by atoms with Crippen molar-refractivity contribution < 1.29 is 27.9 Å². The highest BCUT2D eigenvalue weighted by Gasteiger charge is 2.64. The number of hydrogen-bond donors (Lipinski definition) is 3. The van der Waals surface area contributed by atoms with Crippen LogP contribution in [0.4, 0.5) is 23.7 Å². The maximum atomic E-state index is 12.7. The van der Waals surface area contributed by atoms with Crippen molar-refractivity contribution in [3.05, 3.63) is 29.8 Å². The van der Waals surface area contributed by atoms with Crippen LogP contribution in [0.2, 0.25) is 0 Å². The summed E-state index contributed by atoms with van der Waals surface area (Å²) in [5, 5.41) is 12.8. The Morgan fingerprint density at radius 3 is 2.19 bits per heavy atom. The molecule has 0 saturated heterocycles. The van der Waals surface area contributed by atoms with E-state index in [4.69, 9.17) is 5.11 Å². The molecule has 1 aliphatic rings. The van der Waals surface area contributed by atoms with Gasteiger partial charge in [-0.3, -0.25) is 4.79 Å². The molecule has 2 rings (SSSR count). The largest absolute Gasteiger partial charge is 0.481 e. The predicted molar refractivity (Wildman–Crippen MR) is 68.0 cm³/mol. The summed E-state index contributed by atoms with van der Waals surface area (Å²) in [6.45, 7) is 0. The normalized spacial score (nSPS) is 16.1. The van der Waals surface area contributed by atoms with E-state index < -0.39 is 23.7 Å². The summed E-state index contributed by atoms with van der Waals surface area (Å²) in [7, 11) is 0. The summed E-state index contributed by atoms with van der Waals surface area (Å²) < 4.78 is 38.0. The van der Waals surface area contributed by atoms with Gasteiger partial charge in [-0.15, -0.1) is 0 Å². The van der Waals surface area contributed by atoms with Gasteiger partial charge in [-0.05, 0) is 30.5 Å². The van der Waals surface area contributed by atoms with Crippen LogP contribution in [0.15, 0.2) is 24.3 Å². The van der Waals surface area contributed by atoms with Gasteiger partial charge in [-0.25, -0.2) is 4.79 Å². The van der Waals surface area contributed by atoms with E-state index in [1.165, 1.54) is 24.3 Å². The molecule has 3 N–H and O–H groups in total. The van der Waals surface area contributed by atoms with Crippen molar-refractivity contribution in [2.45, 2.75) is 31.0 Å². The first-order valence-electron chi connectivity index (χ1n) is 6.18. The number of hydrogen-bond acceptors (Lipinski definition) is 2. The van der Waals surface area contributed by atoms with E-state index in [0.29, 0.717) is 11.3 Å². The van der Waals surface area contributed by atoms with Crippen molar-refractivity contribution in [1.29, 1.82) is 0 Å². The van der Waals surface area contributed by atoms with Gasteiger partial charge in [0, 0.05) is 5.69 Å². The van der Waals surface area contributed by atoms with Crippen LogP contribution in [0.1, 0.15) is 18.4 Å². The molecule has 0 spiro atoms. The predicted octanol–water partition coefficient (Wildman–Crippen LogP) is 2.53. The standard InChI is InChI=1S/C13H13F3N2O3/c14-13(15,16)12(5-6-12)18-11(21)17-9-3-1-8(2-4-9)7-10(19)20/h1-4H,5-7H2,(H,19,20)(H2,17,18,21). The lowest BCUT2D eigenvalue weighted by Gasteiger charge is -2.20. The van der Waals surface area contributed by atoms with E-state index in [9.17, 15) is 22.8 Å². The van der Waals surface area contributed by atoms with Gasteiger partial charge in [0.15, 0.2) is 0 Å². The van der Waals surface area contributed by atoms with E-state index in [1.54, 1.807) is 0 Å². The monoisotopic (exact) mass is 302 g/mol. The van der Waals surface area contributed by atoms with Gasteiger partial charge < -0.3 is 15.7 Å². The van der Waals surface area contributed by atoms with Crippen molar-refractivity contribution in [3.63, 3.8) is 0 Å². The number of carbonyl (C=O) groups excluding carboxylic acids is 1. The molecule has 1 aromatic carbocycles. The van der Waals surface area contributed by atoms with Gasteiger partial charge >= 0.3 is 18.2 Å². The SMILES string of the molecule is O=C(O)Cc1ccc(NC(=O)NC2(C(F)(F)F)CC2)cc1. The van der Waals surface area contributed by atoms with Crippen molar-refractivity contribution >= 4 is 17.7 Å². The first-order valence-corrected chi connectivity index (χ1v) is 6.18. The van der Waals surface area contributed by atoms with Crippen LogP contribution in [0, 0.1) is 0 Å². The number of anilines is 1. The fourth-order valence-electron chi connectivity index (χ4n) is 1.86. The Morgan fingerprint density at radius 2 is 1.76 bits per heavy atom. The van der Waals surface area contributed by atoms with Gasteiger partial charge in [-0.1, -0.05) is 12.1 Å². The van der Waals surface area contributed by atoms with E-state index in [0.717, 1.165) is 0 Å². The van der Waals surface area contributed by atoms with Gasteiger partial charge in [0.1, 0.15) is 5.54 Å². The number of carboxylic acids is 1. The summed E-state index contributed by atoms with van der Waals surface area (Å²) in [4.78, 5) is 22.1. The van der Waals surface area contributed by atoms with E-state index in [-0.39, 0.29) is 19.3 Å². The Balaban J connectivity index is 1.93. The molecule has 21 heavy (non-hydrogen) atoms. The Hall–Kier alpha value is -2.25. The first kappa shape index (κ1) is 15.1. The Morgan fingerprint density at radius 1 is 1.19 bits per heavy atom. The number of carbonyl (C=O) groups is 2. The molecule has 1 aromatic rings. The second-order valence-corrected chi connectivity index (χ2v) is 4.93. The van der Waals surface area contributed by atoms with Gasteiger partial charge in [0.05, 0.1) is 6.42 Å². The maximum Gasteiger partial charge on any atom is 0.411 e. The van der Waals surface area contributed by atoms with Crippen molar-refractivity contribution in [1.82, 2.24) is 5.32 Å².